The summed E-state index contributed by atoms with van der Waals surface area (Å²) in [5.41, 5.74) is 2.22. The number of aryl methyl sites for hydroxylation is 2. The molecule has 1 aromatic carbocycles. The van der Waals surface area contributed by atoms with E-state index in [0.717, 1.165) is 37.3 Å². The summed E-state index contributed by atoms with van der Waals surface area (Å²) in [6.45, 7) is 5.30. The summed E-state index contributed by atoms with van der Waals surface area (Å²) in [6, 6.07) is 8.37. The number of aromatic nitrogens is 2. The molecular weight excluding hydrogens is 307 g/mol. The number of halogens is 1. The maximum absolute atomic E-state index is 13.0. The second-order valence-corrected chi connectivity index (χ2v) is 6.15. The molecule has 1 aliphatic rings. The quantitative estimate of drug-likeness (QED) is 0.941. The highest BCUT2D eigenvalue weighted by Gasteiger charge is 2.22. The fraction of sp³-hybridized carbons (Fsp3) is 0.389. The van der Waals surface area contributed by atoms with Crippen molar-refractivity contribution in [3.63, 3.8) is 0 Å². The summed E-state index contributed by atoms with van der Waals surface area (Å²) in [6.07, 6.45) is 1.71. The summed E-state index contributed by atoms with van der Waals surface area (Å²) in [7, 11) is 0. The minimum atomic E-state index is -0.226. The average Bonchev–Trinajstić information content (AvgIpc) is 2.55. The fourth-order valence-electron chi connectivity index (χ4n) is 3.03. The number of anilines is 1. The predicted octanol–water partition coefficient (Wildman–Crippen LogP) is 2.63. The van der Waals surface area contributed by atoms with Crippen LogP contribution in [0.5, 0.6) is 0 Å². The fourth-order valence-corrected chi connectivity index (χ4v) is 3.03. The molecule has 1 fully saturated rings. The summed E-state index contributed by atoms with van der Waals surface area (Å²) in [5.74, 6) is 0.228. The first-order valence-electron chi connectivity index (χ1n) is 8.15. The van der Waals surface area contributed by atoms with E-state index in [9.17, 15) is 9.18 Å². The van der Waals surface area contributed by atoms with Crippen LogP contribution in [0.25, 0.3) is 0 Å². The molecule has 24 heavy (non-hydrogen) atoms. The van der Waals surface area contributed by atoms with Gasteiger partial charge in [0.1, 0.15) is 17.3 Å². The highest BCUT2D eigenvalue weighted by atomic mass is 19.1. The Morgan fingerprint density at radius 1 is 1.17 bits per heavy atom. The molecule has 0 aliphatic carbocycles. The SMILES string of the molecule is Cc1cc(C(=O)NC2CCN(c3ccc(F)cc3)CC2)nc(C)n1. The molecule has 0 saturated carbocycles. The summed E-state index contributed by atoms with van der Waals surface area (Å²) >= 11 is 0. The summed E-state index contributed by atoms with van der Waals surface area (Å²) in [5, 5.41) is 3.05. The van der Waals surface area contributed by atoms with Crippen LogP contribution in [0.3, 0.4) is 0 Å². The van der Waals surface area contributed by atoms with Gasteiger partial charge in [0.25, 0.3) is 5.91 Å². The predicted molar refractivity (Wildman–Crippen MR) is 90.6 cm³/mol. The smallest absolute Gasteiger partial charge is 0.270 e. The van der Waals surface area contributed by atoms with Gasteiger partial charge in [0, 0.05) is 30.5 Å². The Morgan fingerprint density at radius 3 is 2.46 bits per heavy atom. The van der Waals surface area contributed by atoms with Crippen LogP contribution >= 0.6 is 0 Å². The third-order valence-corrected chi connectivity index (χ3v) is 4.22. The lowest BCUT2D eigenvalue weighted by Gasteiger charge is -2.34. The number of hydrogen-bond acceptors (Lipinski definition) is 4. The second kappa shape index (κ2) is 6.95. The topological polar surface area (TPSA) is 58.1 Å². The van der Waals surface area contributed by atoms with Crippen LogP contribution in [-0.4, -0.2) is 35.0 Å². The van der Waals surface area contributed by atoms with E-state index >= 15 is 0 Å². The van der Waals surface area contributed by atoms with Crippen LogP contribution in [0.2, 0.25) is 0 Å². The number of benzene rings is 1. The molecule has 126 valence electrons. The summed E-state index contributed by atoms with van der Waals surface area (Å²) in [4.78, 5) is 22.9. The largest absolute Gasteiger partial charge is 0.371 e. The van der Waals surface area contributed by atoms with Gasteiger partial charge in [-0.25, -0.2) is 14.4 Å². The van der Waals surface area contributed by atoms with Crippen molar-refractivity contribution in [2.24, 2.45) is 0 Å². The van der Waals surface area contributed by atoms with Crippen molar-refractivity contribution in [1.82, 2.24) is 15.3 Å². The molecule has 0 unspecified atom stereocenters. The molecule has 1 amide bonds. The minimum absolute atomic E-state index is 0.129. The maximum Gasteiger partial charge on any atom is 0.270 e. The van der Waals surface area contributed by atoms with Crippen LogP contribution in [0.4, 0.5) is 10.1 Å². The van der Waals surface area contributed by atoms with Crippen molar-refractivity contribution < 1.29 is 9.18 Å². The van der Waals surface area contributed by atoms with Crippen molar-refractivity contribution >= 4 is 11.6 Å². The van der Waals surface area contributed by atoms with Crippen LogP contribution in [0.1, 0.15) is 34.8 Å². The van der Waals surface area contributed by atoms with Gasteiger partial charge in [0.15, 0.2) is 0 Å². The van der Waals surface area contributed by atoms with Crippen LogP contribution in [0.15, 0.2) is 30.3 Å². The van der Waals surface area contributed by atoms with E-state index in [4.69, 9.17) is 0 Å². The third kappa shape index (κ3) is 3.88. The highest BCUT2D eigenvalue weighted by molar-refractivity contribution is 5.92. The van der Waals surface area contributed by atoms with Gasteiger partial charge < -0.3 is 10.2 Å². The molecule has 2 aromatic rings. The van der Waals surface area contributed by atoms with Gasteiger partial charge in [-0.15, -0.1) is 0 Å². The first kappa shape index (κ1) is 16.4. The number of piperidine rings is 1. The number of hydrogen-bond donors (Lipinski definition) is 1. The zero-order valence-corrected chi connectivity index (χ0v) is 13.9. The van der Waals surface area contributed by atoms with Crippen molar-refractivity contribution in [2.75, 3.05) is 18.0 Å². The number of carbonyl (C=O) groups is 1. The zero-order valence-electron chi connectivity index (χ0n) is 13.9. The molecule has 1 N–H and O–H groups in total. The number of nitrogens with one attached hydrogen (secondary N) is 1. The van der Waals surface area contributed by atoms with E-state index in [1.807, 2.05) is 6.92 Å². The monoisotopic (exact) mass is 328 g/mol. The van der Waals surface area contributed by atoms with Crippen molar-refractivity contribution in [1.29, 1.82) is 0 Å². The zero-order chi connectivity index (χ0) is 17.1. The number of rotatable bonds is 3. The standard InChI is InChI=1S/C18H21FN4O/c1-12-11-17(21-13(2)20-12)18(24)22-15-7-9-23(10-8-15)16-5-3-14(19)4-6-16/h3-6,11,15H,7-10H2,1-2H3,(H,22,24). The number of nitrogens with zero attached hydrogens (tertiary/aromatic N) is 3. The Balaban J connectivity index is 1.57. The van der Waals surface area contributed by atoms with Gasteiger partial charge >= 0.3 is 0 Å². The molecule has 1 saturated heterocycles. The Bertz CT molecular complexity index is 704. The molecule has 0 atom stereocenters. The molecular formula is C18H21FN4O. The lowest BCUT2D eigenvalue weighted by Crippen LogP contribution is -2.45. The van der Waals surface area contributed by atoms with Crippen LogP contribution in [-0.2, 0) is 0 Å². The van der Waals surface area contributed by atoms with Gasteiger partial charge in [-0.05, 0) is 57.0 Å². The minimum Gasteiger partial charge on any atom is -0.371 e. The molecule has 3 rings (SSSR count). The van der Waals surface area contributed by atoms with E-state index in [1.165, 1.54) is 12.1 Å². The van der Waals surface area contributed by atoms with Crippen molar-refractivity contribution in [2.45, 2.75) is 32.7 Å². The molecule has 5 nitrogen and oxygen atoms in total. The van der Waals surface area contributed by atoms with Gasteiger partial charge in [0.05, 0.1) is 0 Å². The molecule has 1 aromatic heterocycles. The van der Waals surface area contributed by atoms with E-state index in [-0.39, 0.29) is 17.8 Å². The Morgan fingerprint density at radius 2 is 1.83 bits per heavy atom. The normalized spacial score (nSPS) is 15.4. The van der Waals surface area contributed by atoms with E-state index in [0.29, 0.717) is 11.5 Å². The molecule has 2 heterocycles. The van der Waals surface area contributed by atoms with Gasteiger partial charge in [0.2, 0.25) is 0 Å². The molecule has 6 heteroatoms. The van der Waals surface area contributed by atoms with Crippen molar-refractivity contribution in [3.05, 3.63) is 53.4 Å². The maximum atomic E-state index is 13.0. The number of amides is 1. The molecule has 0 spiro atoms. The second-order valence-electron chi connectivity index (χ2n) is 6.15. The summed E-state index contributed by atoms with van der Waals surface area (Å²) < 4.78 is 13.0. The van der Waals surface area contributed by atoms with Crippen molar-refractivity contribution in [3.8, 4) is 0 Å². The lowest BCUT2D eigenvalue weighted by atomic mass is 10.0. The highest BCUT2D eigenvalue weighted by Crippen LogP contribution is 2.20. The van der Waals surface area contributed by atoms with E-state index in [1.54, 1.807) is 25.1 Å². The third-order valence-electron chi connectivity index (χ3n) is 4.22. The van der Waals surface area contributed by atoms with Crippen LogP contribution in [0, 0.1) is 19.7 Å². The van der Waals surface area contributed by atoms with Gasteiger partial charge in [-0.1, -0.05) is 0 Å². The number of carbonyl (C=O) groups excluding carboxylic acids is 1. The van der Waals surface area contributed by atoms with E-state index in [2.05, 4.69) is 20.2 Å². The Labute approximate surface area is 140 Å². The Hall–Kier alpha value is -2.50. The van der Waals surface area contributed by atoms with Crippen LogP contribution < -0.4 is 10.2 Å². The average molecular weight is 328 g/mol. The van der Waals surface area contributed by atoms with Gasteiger partial charge in [-0.2, -0.15) is 0 Å². The first-order valence-corrected chi connectivity index (χ1v) is 8.15. The molecule has 0 radical (unpaired) electrons. The molecule has 1 aliphatic heterocycles. The lowest BCUT2D eigenvalue weighted by molar-refractivity contribution is 0.0925. The molecule has 0 bridgehead atoms. The first-order chi connectivity index (χ1) is 11.5. The van der Waals surface area contributed by atoms with Gasteiger partial charge in [-0.3, -0.25) is 4.79 Å². The van der Waals surface area contributed by atoms with E-state index < -0.39 is 0 Å². The Kier molecular flexibility index (Phi) is 4.74.